The lowest BCUT2D eigenvalue weighted by Gasteiger charge is -2.22. The van der Waals surface area contributed by atoms with E-state index in [1.807, 2.05) is 0 Å². The Morgan fingerprint density at radius 2 is 1.56 bits per heavy atom. The third-order valence-electron chi connectivity index (χ3n) is 3.85. The summed E-state index contributed by atoms with van der Waals surface area (Å²) in [6, 6.07) is 0. The van der Waals surface area contributed by atoms with Crippen LogP contribution in [0.1, 0.15) is 78.6 Å². The van der Waals surface area contributed by atoms with Crippen molar-refractivity contribution in [3.63, 3.8) is 0 Å². The van der Waals surface area contributed by atoms with Crippen molar-refractivity contribution in [2.75, 3.05) is 6.61 Å². The normalized spacial score (nSPS) is 25.5. The molecule has 1 aliphatic heterocycles. The van der Waals surface area contributed by atoms with Gasteiger partial charge in [-0.3, -0.25) is 0 Å². The maximum Gasteiger partial charge on any atom is 0.160 e. The van der Waals surface area contributed by atoms with Crippen molar-refractivity contribution < 1.29 is 9.47 Å². The van der Waals surface area contributed by atoms with E-state index in [4.69, 9.17) is 9.47 Å². The van der Waals surface area contributed by atoms with E-state index >= 15 is 0 Å². The fourth-order valence-corrected chi connectivity index (χ4v) is 2.69. The zero-order valence-electron chi connectivity index (χ0n) is 12.6. The zero-order valence-corrected chi connectivity index (χ0v) is 12.6. The molecule has 2 heteroatoms. The molecule has 18 heavy (non-hydrogen) atoms. The average Bonchev–Trinajstić information content (AvgIpc) is 2.79. The van der Waals surface area contributed by atoms with Crippen LogP contribution in [0.4, 0.5) is 0 Å². The summed E-state index contributed by atoms with van der Waals surface area (Å²) in [5.41, 5.74) is 0. The van der Waals surface area contributed by atoms with Crippen LogP contribution in [-0.4, -0.2) is 19.0 Å². The summed E-state index contributed by atoms with van der Waals surface area (Å²) in [6.45, 7) is 7.43. The van der Waals surface area contributed by atoms with E-state index in [9.17, 15) is 0 Å². The molecule has 0 aromatic carbocycles. The fraction of sp³-hybridized carbons (Fsp3) is 1.00. The molecule has 0 aliphatic carbocycles. The first-order chi connectivity index (χ1) is 8.77. The van der Waals surface area contributed by atoms with Crippen LogP contribution >= 0.6 is 0 Å². The third-order valence-corrected chi connectivity index (χ3v) is 3.85. The minimum Gasteiger partial charge on any atom is -0.350 e. The molecule has 1 heterocycles. The van der Waals surface area contributed by atoms with Gasteiger partial charge in [-0.15, -0.1) is 0 Å². The predicted octanol–water partition coefficient (Wildman–Crippen LogP) is 4.91. The molecular formula is C16H32O2. The minimum atomic E-state index is 0.0819. The Morgan fingerprint density at radius 1 is 0.944 bits per heavy atom. The molecule has 2 nitrogen and oxygen atoms in total. The van der Waals surface area contributed by atoms with Gasteiger partial charge in [0.1, 0.15) is 0 Å². The van der Waals surface area contributed by atoms with Gasteiger partial charge in [-0.05, 0) is 19.8 Å². The highest BCUT2D eigenvalue weighted by Gasteiger charge is 2.29. The second kappa shape index (κ2) is 9.80. The number of rotatable bonds is 10. The predicted molar refractivity (Wildman–Crippen MR) is 76.7 cm³/mol. The lowest BCUT2D eigenvalue weighted by molar-refractivity contribution is -0.0990. The lowest BCUT2D eigenvalue weighted by Crippen LogP contribution is -2.22. The second-order valence-electron chi connectivity index (χ2n) is 5.75. The van der Waals surface area contributed by atoms with Crippen LogP contribution in [0.3, 0.4) is 0 Å². The quantitative estimate of drug-likeness (QED) is 0.517. The number of unbranched alkanes of at least 4 members (excludes halogenated alkanes) is 5. The van der Waals surface area contributed by atoms with Gasteiger partial charge in [0, 0.05) is 5.92 Å². The molecule has 3 atom stereocenters. The molecule has 0 radical (unpaired) electrons. The van der Waals surface area contributed by atoms with Crippen LogP contribution in [0.2, 0.25) is 0 Å². The summed E-state index contributed by atoms with van der Waals surface area (Å²) >= 11 is 0. The van der Waals surface area contributed by atoms with E-state index < -0.39 is 0 Å². The Balaban J connectivity index is 2.27. The molecule has 0 N–H and O–H groups in total. The second-order valence-corrected chi connectivity index (χ2v) is 5.75. The van der Waals surface area contributed by atoms with Crippen LogP contribution in [0.5, 0.6) is 0 Å². The summed E-state index contributed by atoms with van der Waals surface area (Å²) in [4.78, 5) is 0. The van der Waals surface area contributed by atoms with Crippen LogP contribution in [0.15, 0.2) is 0 Å². The van der Waals surface area contributed by atoms with E-state index in [0.717, 1.165) is 6.61 Å². The van der Waals surface area contributed by atoms with Crippen molar-refractivity contribution >= 4 is 0 Å². The number of hydrogen-bond acceptors (Lipinski definition) is 2. The smallest absolute Gasteiger partial charge is 0.160 e. The van der Waals surface area contributed by atoms with Crippen LogP contribution in [0, 0.1) is 5.92 Å². The van der Waals surface area contributed by atoms with Gasteiger partial charge < -0.3 is 9.47 Å². The van der Waals surface area contributed by atoms with Gasteiger partial charge in [-0.1, -0.05) is 58.8 Å². The van der Waals surface area contributed by atoms with Crippen molar-refractivity contribution in [2.45, 2.75) is 91.0 Å². The topological polar surface area (TPSA) is 18.5 Å². The maximum absolute atomic E-state index is 5.89. The summed E-state index contributed by atoms with van der Waals surface area (Å²) in [7, 11) is 0. The Bertz CT molecular complexity index is 194. The summed E-state index contributed by atoms with van der Waals surface area (Å²) in [5.74, 6) is 0.623. The largest absolute Gasteiger partial charge is 0.350 e. The van der Waals surface area contributed by atoms with E-state index in [-0.39, 0.29) is 6.29 Å². The highest BCUT2D eigenvalue weighted by atomic mass is 16.7. The van der Waals surface area contributed by atoms with Gasteiger partial charge in [-0.25, -0.2) is 0 Å². The van der Waals surface area contributed by atoms with Crippen molar-refractivity contribution in [2.24, 2.45) is 5.92 Å². The number of ether oxygens (including phenoxy) is 2. The summed E-state index contributed by atoms with van der Waals surface area (Å²) in [5, 5.41) is 0. The van der Waals surface area contributed by atoms with Gasteiger partial charge in [0.15, 0.2) is 6.29 Å². The molecule has 0 saturated carbocycles. The molecule has 0 aromatic heterocycles. The van der Waals surface area contributed by atoms with Gasteiger partial charge in [0.2, 0.25) is 0 Å². The monoisotopic (exact) mass is 256 g/mol. The first kappa shape index (κ1) is 16.0. The molecule has 3 unspecified atom stereocenters. The first-order valence-electron chi connectivity index (χ1n) is 8.05. The van der Waals surface area contributed by atoms with Crippen molar-refractivity contribution in [3.8, 4) is 0 Å². The zero-order chi connectivity index (χ0) is 13.2. The Labute approximate surface area is 113 Å². The lowest BCUT2D eigenvalue weighted by atomic mass is 9.94. The van der Waals surface area contributed by atoms with E-state index in [0.29, 0.717) is 12.0 Å². The Hall–Kier alpha value is -0.0800. The summed E-state index contributed by atoms with van der Waals surface area (Å²) in [6.07, 6.45) is 12.3. The average molecular weight is 256 g/mol. The molecule has 1 saturated heterocycles. The molecule has 108 valence electrons. The minimum absolute atomic E-state index is 0.0819. The molecule has 1 fully saturated rings. The van der Waals surface area contributed by atoms with Crippen LogP contribution < -0.4 is 0 Å². The van der Waals surface area contributed by atoms with E-state index in [2.05, 4.69) is 20.8 Å². The van der Waals surface area contributed by atoms with Gasteiger partial charge in [-0.2, -0.15) is 0 Å². The van der Waals surface area contributed by atoms with E-state index in [1.54, 1.807) is 0 Å². The van der Waals surface area contributed by atoms with Gasteiger partial charge in [0.25, 0.3) is 0 Å². The van der Waals surface area contributed by atoms with Crippen molar-refractivity contribution in [3.05, 3.63) is 0 Å². The summed E-state index contributed by atoms with van der Waals surface area (Å²) < 4.78 is 11.7. The number of hydrogen-bond donors (Lipinski definition) is 0. The highest BCUT2D eigenvalue weighted by molar-refractivity contribution is 4.70. The van der Waals surface area contributed by atoms with Crippen molar-refractivity contribution in [1.82, 2.24) is 0 Å². The SMILES string of the molecule is CCCCCCC(CCCCC)C1OCC(C)O1. The van der Waals surface area contributed by atoms with Crippen LogP contribution in [-0.2, 0) is 9.47 Å². The Morgan fingerprint density at radius 3 is 2.11 bits per heavy atom. The maximum atomic E-state index is 5.89. The fourth-order valence-electron chi connectivity index (χ4n) is 2.69. The van der Waals surface area contributed by atoms with Crippen LogP contribution in [0.25, 0.3) is 0 Å². The van der Waals surface area contributed by atoms with Gasteiger partial charge in [0.05, 0.1) is 12.7 Å². The molecule has 0 bridgehead atoms. The molecular weight excluding hydrogens is 224 g/mol. The standard InChI is InChI=1S/C16H32O2/c1-4-6-8-10-12-15(11-9-7-5-2)16-17-13-14(3)18-16/h14-16H,4-13H2,1-3H3. The van der Waals surface area contributed by atoms with Crippen molar-refractivity contribution in [1.29, 1.82) is 0 Å². The van der Waals surface area contributed by atoms with Gasteiger partial charge >= 0.3 is 0 Å². The third kappa shape index (κ3) is 6.19. The molecule has 1 aliphatic rings. The molecule has 0 amide bonds. The molecule has 1 rings (SSSR count). The highest BCUT2D eigenvalue weighted by Crippen LogP contribution is 2.28. The molecule has 0 aromatic rings. The Kier molecular flexibility index (Phi) is 8.70. The van der Waals surface area contributed by atoms with E-state index in [1.165, 1.54) is 57.8 Å². The molecule has 0 spiro atoms. The first-order valence-corrected chi connectivity index (χ1v) is 8.05.